The Balaban J connectivity index is 2.04. The number of hydrogen-bond donors (Lipinski definition) is 2. The first-order valence-corrected chi connectivity index (χ1v) is 8.28. The van der Waals surface area contributed by atoms with Gasteiger partial charge < -0.3 is 15.2 Å². The van der Waals surface area contributed by atoms with E-state index in [-0.39, 0.29) is 11.8 Å². The maximum absolute atomic E-state index is 10.3. The van der Waals surface area contributed by atoms with E-state index in [1.807, 2.05) is 30.4 Å². The molecule has 1 unspecified atom stereocenters. The average molecular weight is 335 g/mol. The monoisotopic (exact) mass is 335 g/mol. The van der Waals surface area contributed by atoms with Crippen LogP contribution in [0.3, 0.4) is 0 Å². The van der Waals surface area contributed by atoms with Crippen LogP contribution < -0.4 is 5.32 Å². The van der Waals surface area contributed by atoms with E-state index >= 15 is 0 Å². The van der Waals surface area contributed by atoms with Gasteiger partial charge in [-0.15, -0.1) is 0 Å². The maximum atomic E-state index is 10.3. The van der Waals surface area contributed by atoms with Crippen molar-refractivity contribution in [1.29, 1.82) is 0 Å². The zero-order valence-corrected chi connectivity index (χ0v) is 14.6. The largest absolute Gasteiger partial charge is 0.508 e. The summed E-state index contributed by atoms with van der Waals surface area (Å²) in [6, 6.07) is 8.22. The number of rotatable bonds is 7. The summed E-state index contributed by atoms with van der Waals surface area (Å²) < 4.78 is 5.15. The minimum Gasteiger partial charge on any atom is -0.508 e. The Hall–Kier alpha value is -2.78. The minimum atomic E-state index is -0.0549. The fourth-order valence-electron chi connectivity index (χ4n) is 2.74. The molecule has 130 valence electrons. The first-order chi connectivity index (χ1) is 12.2. The Kier molecular flexibility index (Phi) is 7.05. The van der Waals surface area contributed by atoms with Gasteiger partial charge in [-0.1, -0.05) is 61.7 Å². The number of aliphatic hydroxyl groups is 1. The topological polar surface area (TPSA) is 41.5 Å². The van der Waals surface area contributed by atoms with Crippen molar-refractivity contribution in [1.82, 2.24) is 5.32 Å². The molecule has 0 bridgehead atoms. The molecule has 1 aromatic rings. The van der Waals surface area contributed by atoms with Crippen LogP contribution in [-0.2, 0) is 11.2 Å². The third-order valence-electron chi connectivity index (χ3n) is 4.04. The second-order valence-corrected chi connectivity index (χ2v) is 5.67. The van der Waals surface area contributed by atoms with Crippen LogP contribution in [0, 0.1) is 0 Å². The van der Waals surface area contributed by atoms with Crippen molar-refractivity contribution in [2.75, 3.05) is 13.7 Å². The number of hydrogen-bond acceptors (Lipinski definition) is 3. The molecule has 1 aromatic carbocycles. The number of benzene rings is 1. The smallest absolute Gasteiger partial charge is 0.120 e. The third kappa shape index (κ3) is 5.10. The molecule has 1 aliphatic rings. The van der Waals surface area contributed by atoms with Crippen LogP contribution in [0.2, 0.25) is 0 Å². The molecule has 0 fully saturated rings. The molecule has 0 radical (unpaired) electrons. The fourth-order valence-corrected chi connectivity index (χ4v) is 2.74. The summed E-state index contributed by atoms with van der Waals surface area (Å²) in [5, 5.41) is 13.8. The van der Waals surface area contributed by atoms with Gasteiger partial charge in [0.1, 0.15) is 11.5 Å². The van der Waals surface area contributed by atoms with Gasteiger partial charge in [-0.05, 0) is 35.8 Å². The third-order valence-corrected chi connectivity index (χ3v) is 4.04. The van der Waals surface area contributed by atoms with Crippen molar-refractivity contribution in [2.45, 2.75) is 12.5 Å². The van der Waals surface area contributed by atoms with Crippen molar-refractivity contribution in [3.63, 3.8) is 0 Å². The van der Waals surface area contributed by atoms with Crippen LogP contribution in [0.4, 0.5) is 0 Å². The van der Waals surface area contributed by atoms with Gasteiger partial charge in [-0.25, -0.2) is 0 Å². The Morgan fingerprint density at radius 1 is 1.24 bits per heavy atom. The SMILES string of the molecule is C=C\C=C(/C=C\C=C/C=C(/O)C(=C)C1NCCc2ccccc21)OC. The van der Waals surface area contributed by atoms with Gasteiger partial charge in [-0.2, -0.15) is 0 Å². The number of methoxy groups -OCH3 is 1. The van der Waals surface area contributed by atoms with Crippen molar-refractivity contribution in [2.24, 2.45) is 0 Å². The molecule has 3 nitrogen and oxygen atoms in total. The lowest BCUT2D eigenvalue weighted by molar-refractivity contribution is 0.307. The minimum absolute atomic E-state index is 0.0549. The van der Waals surface area contributed by atoms with Gasteiger partial charge in [0, 0.05) is 12.1 Å². The Labute approximate surface area is 150 Å². The lowest BCUT2D eigenvalue weighted by atomic mass is 9.89. The van der Waals surface area contributed by atoms with E-state index in [4.69, 9.17) is 4.74 Å². The second-order valence-electron chi connectivity index (χ2n) is 5.67. The first kappa shape index (κ1) is 18.6. The summed E-state index contributed by atoms with van der Waals surface area (Å²) in [5.41, 5.74) is 3.16. The average Bonchev–Trinajstić information content (AvgIpc) is 2.65. The Bertz CT molecular complexity index is 738. The van der Waals surface area contributed by atoms with Crippen LogP contribution >= 0.6 is 0 Å². The highest BCUT2D eigenvalue weighted by Gasteiger charge is 2.23. The molecule has 25 heavy (non-hydrogen) atoms. The van der Waals surface area contributed by atoms with E-state index in [0.717, 1.165) is 13.0 Å². The van der Waals surface area contributed by atoms with Gasteiger partial charge in [0.15, 0.2) is 0 Å². The number of allylic oxidation sites excluding steroid dienone is 7. The summed E-state index contributed by atoms with van der Waals surface area (Å²) in [6.45, 7) is 8.58. The van der Waals surface area contributed by atoms with Crippen LogP contribution in [0.15, 0.2) is 97.0 Å². The maximum Gasteiger partial charge on any atom is 0.120 e. The predicted octanol–water partition coefficient (Wildman–Crippen LogP) is 4.70. The van der Waals surface area contributed by atoms with Crippen LogP contribution in [0.5, 0.6) is 0 Å². The van der Waals surface area contributed by atoms with Crippen molar-refractivity contribution < 1.29 is 9.84 Å². The molecule has 0 saturated heterocycles. The molecule has 0 spiro atoms. The van der Waals surface area contributed by atoms with Crippen molar-refractivity contribution >= 4 is 0 Å². The van der Waals surface area contributed by atoms with Gasteiger partial charge in [0.25, 0.3) is 0 Å². The lowest BCUT2D eigenvalue weighted by Gasteiger charge is -2.28. The molecule has 2 rings (SSSR count). The Morgan fingerprint density at radius 2 is 2.04 bits per heavy atom. The highest BCUT2D eigenvalue weighted by atomic mass is 16.5. The zero-order valence-electron chi connectivity index (χ0n) is 14.6. The summed E-state index contributed by atoms with van der Waals surface area (Å²) in [5.74, 6) is 0.882. The molecule has 0 amide bonds. The normalized spacial score (nSPS) is 18.4. The summed E-state index contributed by atoms with van der Waals surface area (Å²) in [7, 11) is 1.61. The van der Waals surface area contributed by atoms with Gasteiger partial charge in [0.2, 0.25) is 0 Å². The molecule has 0 aliphatic carbocycles. The number of aliphatic hydroxyl groups excluding tert-OH is 1. The van der Waals surface area contributed by atoms with Gasteiger partial charge >= 0.3 is 0 Å². The molecular formula is C22H25NO2. The number of nitrogens with one attached hydrogen (secondary N) is 1. The number of fused-ring (bicyclic) bond motifs is 1. The van der Waals surface area contributed by atoms with E-state index in [2.05, 4.69) is 30.6 Å². The van der Waals surface area contributed by atoms with Crippen LogP contribution in [0.1, 0.15) is 17.2 Å². The van der Waals surface area contributed by atoms with Crippen LogP contribution in [0.25, 0.3) is 0 Å². The molecule has 1 aliphatic heterocycles. The second kappa shape index (κ2) is 9.50. The summed E-state index contributed by atoms with van der Waals surface area (Å²) in [4.78, 5) is 0. The molecule has 1 atom stereocenters. The predicted molar refractivity (Wildman–Crippen MR) is 104 cm³/mol. The van der Waals surface area contributed by atoms with Gasteiger partial charge in [0.05, 0.1) is 13.2 Å². The molecule has 0 saturated carbocycles. The highest BCUT2D eigenvalue weighted by Crippen LogP contribution is 2.30. The lowest BCUT2D eigenvalue weighted by Crippen LogP contribution is -2.31. The molecule has 3 heteroatoms. The summed E-state index contributed by atoms with van der Waals surface area (Å²) >= 11 is 0. The van der Waals surface area contributed by atoms with E-state index in [9.17, 15) is 5.11 Å². The van der Waals surface area contributed by atoms with Gasteiger partial charge in [-0.3, -0.25) is 0 Å². The van der Waals surface area contributed by atoms with E-state index in [0.29, 0.717) is 11.3 Å². The number of ether oxygens (including phenoxy) is 1. The quantitative estimate of drug-likeness (QED) is 0.560. The molecule has 1 heterocycles. The highest BCUT2D eigenvalue weighted by molar-refractivity contribution is 5.42. The molecule has 2 N–H and O–H groups in total. The summed E-state index contributed by atoms with van der Waals surface area (Å²) in [6.07, 6.45) is 13.3. The Morgan fingerprint density at radius 3 is 2.80 bits per heavy atom. The molecular weight excluding hydrogens is 310 g/mol. The van der Waals surface area contributed by atoms with Crippen LogP contribution in [-0.4, -0.2) is 18.8 Å². The fraction of sp³-hybridized carbons (Fsp3) is 0.182. The van der Waals surface area contributed by atoms with Crippen molar-refractivity contribution in [3.8, 4) is 0 Å². The standard InChI is InChI=1S/C22H25NO2/c1-4-10-19(25-3)12-6-5-7-14-21(24)17(2)22-20-13-9-8-11-18(20)15-16-23-22/h4-14,22-24H,1-2,15-16H2,3H3/b7-5-,12-6-,19-10+,21-14+. The van der Waals surface area contributed by atoms with E-state index in [1.165, 1.54) is 11.1 Å². The first-order valence-electron chi connectivity index (χ1n) is 8.28. The zero-order chi connectivity index (χ0) is 18.1. The molecule has 0 aromatic heterocycles. The van der Waals surface area contributed by atoms with Crippen molar-refractivity contribution in [3.05, 3.63) is 108 Å². The van der Waals surface area contributed by atoms with E-state index < -0.39 is 0 Å². The van der Waals surface area contributed by atoms with E-state index in [1.54, 1.807) is 31.4 Å².